The van der Waals surface area contributed by atoms with Crippen molar-refractivity contribution in [3.8, 4) is 0 Å². The number of nitrogens with zero attached hydrogens (tertiary/aromatic N) is 3. The van der Waals surface area contributed by atoms with E-state index in [0.717, 1.165) is 30.1 Å². The lowest BCUT2D eigenvalue weighted by Crippen LogP contribution is -2.32. The van der Waals surface area contributed by atoms with Crippen LogP contribution >= 0.6 is 11.3 Å². The summed E-state index contributed by atoms with van der Waals surface area (Å²) >= 11 is 1.64. The minimum Gasteiger partial charge on any atom is -0.346 e. The Balaban J connectivity index is 1.72. The van der Waals surface area contributed by atoms with Crippen molar-refractivity contribution in [2.45, 2.75) is 25.3 Å². The third-order valence-electron chi connectivity index (χ3n) is 3.71. The molecule has 1 saturated heterocycles. The molecule has 1 aliphatic heterocycles. The van der Waals surface area contributed by atoms with Gasteiger partial charge in [0.05, 0.1) is 0 Å². The van der Waals surface area contributed by atoms with Gasteiger partial charge in [0, 0.05) is 19.1 Å². The molecule has 0 amide bonds. The highest BCUT2D eigenvalue weighted by atomic mass is 32.1. The Labute approximate surface area is 93.5 Å². The zero-order valence-corrected chi connectivity index (χ0v) is 9.49. The topological polar surface area (TPSA) is 55.0 Å². The normalized spacial score (nSPS) is 35.5. The van der Waals surface area contributed by atoms with Gasteiger partial charge in [0.2, 0.25) is 5.13 Å². The third-order valence-corrected chi connectivity index (χ3v) is 4.46. The number of fused-ring (bicyclic) bond motifs is 1. The van der Waals surface area contributed by atoms with Crippen molar-refractivity contribution >= 4 is 16.5 Å². The van der Waals surface area contributed by atoms with E-state index in [1.807, 2.05) is 5.51 Å². The van der Waals surface area contributed by atoms with E-state index < -0.39 is 0 Å². The molecule has 2 fully saturated rings. The Morgan fingerprint density at radius 2 is 2.20 bits per heavy atom. The summed E-state index contributed by atoms with van der Waals surface area (Å²) in [7, 11) is 0. The van der Waals surface area contributed by atoms with Gasteiger partial charge < -0.3 is 10.6 Å². The van der Waals surface area contributed by atoms with Gasteiger partial charge in [0.1, 0.15) is 5.51 Å². The summed E-state index contributed by atoms with van der Waals surface area (Å²) in [5, 5.41) is 9.12. The van der Waals surface area contributed by atoms with E-state index in [9.17, 15) is 0 Å². The molecule has 0 bridgehead atoms. The van der Waals surface area contributed by atoms with Gasteiger partial charge >= 0.3 is 0 Å². The average Bonchev–Trinajstić information content (AvgIpc) is 2.84. The SMILES string of the molecule is NC1CC[C@@H]2CN(c3nncs3)C[C@@H]2C1. The summed E-state index contributed by atoms with van der Waals surface area (Å²) < 4.78 is 0. The minimum absolute atomic E-state index is 0.431. The Morgan fingerprint density at radius 3 is 3.00 bits per heavy atom. The van der Waals surface area contributed by atoms with Crippen LogP contribution < -0.4 is 10.6 Å². The maximum atomic E-state index is 6.01. The maximum absolute atomic E-state index is 6.01. The Morgan fingerprint density at radius 1 is 1.33 bits per heavy atom. The molecule has 1 unspecified atom stereocenters. The van der Waals surface area contributed by atoms with E-state index in [2.05, 4.69) is 15.1 Å². The van der Waals surface area contributed by atoms with Crippen LogP contribution in [-0.4, -0.2) is 29.3 Å². The predicted octanol–water partition coefficient (Wildman–Crippen LogP) is 1.10. The van der Waals surface area contributed by atoms with Gasteiger partial charge in [-0.3, -0.25) is 0 Å². The zero-order valence-electron chi connectivity index (χ0n) is 8.67. The molecule has 1 aliphatic carbocycles. The average molecular weight is 224 g/mol. The molecule has 3 atom stereocenters. The largest absolute Gasteiger partial charge is 0.346 e. The molecule has 15 heavy (non-hydrogen) atoms. The molecule has 1 aromatic heterocycles. The maximum Gasteiger partial charge on any atom is 0.208 e. The zero-order chi connectivity index (χ0) is 10.3. The number of aromatic nitrogens is 2. The second-order valence-electron chi connectivity index (χ2n) is 4.72. The fraction of sp³-hybridized carbons (Fsp3) is 0.800. The van der Waals surface area contributed by atoms with Crippen LogP contribution in [0.3, 0.4) is 0 Å². The van der Waals surface area contributed by atoms with Gasteiger partial charge in [-0.25, -0.2) is 0 Å². The molecule has 0 spiro atoms. The van der Waals surface area contributed by atoms with Gasteiger partial charge in [-0.15, -0.1) is 10.2 Å². The van der Waals surface area contributed by atoms with Gasteiger partial charge in [0.25, 0.3) is 0 Å². The Hall–Kier alpha value is -0.680. The first-order valence-corrected chi connectivity index (χ1v) is 6.47. The van der Waals surface area contributed by atoms with Crippen LogP contribution in [-0.2, 0) is 0 Å². The lowest BCUT2D eigenvalue weighted by Gasteiger charge is -2.27. The van der Waals surface area contributed by atoms with Crippen LogP contribution in [0.15, 0.2) is 5.51 Å². The summed E-state index contributed by atoms with van der Waals surface area (Å²) in [5.74, 6) is 1.63. The third kappa shape index (κ3) is 1.74. The van der Waals surface area contributed by atoms with Crippen LogP contribution in [0.25, 0.3) is 0 Å². The number of nitrogens with two attached hydrogens (primary N) is 1. The molecule has 82 valence electrons. The van der Waals surface area contributed by atoms with E-state index in [1.165, 1.54) is 19.3 Å². The molecule has 2 heterocycles. The number of anilines is 1. The first-order valence-electron chi connectivity index (χ1n) is 5.59. The molecule has 5 heteroatoms. The molecule has 2 aliphatic rings. The second-order valence-corrected chi connectivity index (χ2v) is 5.53. The summed E-state index contributed by atoms with van der Waals surface area (Å²) in [6.45, 7) is 2.29. The van der Waals surface area contributed by atoms with Crippen molar-refractivity contribution in [2.24, 2.45) is 17.6 Å². The number of hydrogen-bond donors (Lipinski definition) is 1. The van der Waals surface area contributed by atoms with Gasteiger partial charge in [-0.2, -0.15) is 0 Å². The highest BCUT2D eigenvalue weighted by Gasteiger charge is 2.37. The lowest BCUT2D eigenvalue weighted by molar-refractivity contribution is 0.271. The van der Waals surface area contributed by atoms with Crippen molar-refractivity contribution in [3.63, 3.8) is 0 Å². The monoisotopic (exact) mass is 224 g/mol. The number of hydrogen-bond acceptors (Lipinski definition) is 5. The molecule has 4 nitrogen and oxygen atoms in total. The van der Waals surface area contributed by atoms with Crippen LogP contribution in [0.2, 0.25) is 0 Å². The molecule has 2 N–H and O–H groups in total. The molecule has 0 radical (unpaired) electrons. The summed E-state index contributed by atoms with van der Waals surface area (Å²) in [6, 6.07) is 0.431. The van der Waals surface area contributed by atoms with Gasteiger partial charge in [-0.05, 0) is 31.1 Å². The molecule has 1 saturated carbocycles. The first kappa shape index (κ1) is 9.54. The van der Waals surface area contributed by atoms with E-state index >= 15 is 0 Å². The second kappa shape index (κ2) is 3.72. The van der Waals surface area contributed by atoms with Crippen molar-refractivity contribution in [1.82, 2.24) is 10.2 Å². The Kier molecular flexibility index (Phi) is 2.36. The lowest BCUT2D eigenvalue weighted by atomic mass is 9.79. The van der Waals surface area contributed by atoms with Gasteiger partial charge in [-0.1, -0.05) is 11.3 Å². The first-order chi connectivity index (χ1) is 7.33. The van der Waals surface area contributed by atoms with Crippen LogP contribution in [0.1, 0.15) is 19.3 Å². The molecular formula is C10H16N4S. The predicted molar refractivity (Wildman–Crippen MR) is 60.9 cm³/mol. The smallest absolute Gasteiger partial charge is 0.208 e. The Bertz CT molecular complexity index is 326. The quantitative estimate of drug-likeness (QED) is 0.776. The molecule has 0 aromatic carbocycles. The van der Waals surface area contributed by atoms with E-state index in [1.54, 1.807) is 11.3 Å². The number of rotatable bonds is 1. The summed E-state index contributed by atoms with van der Waals surface area (Å²) in [6.07, 6.45) is 3.69. The molecule has 1 aromatic rings. The van der Waals surface area contributed by atoms with E-state index in [4.69, 9.17) is 5.73 Å². The minimum atomic E-state index is 0.431. The van der Waals surface area contributed by atoms with Crippen molar-refractivity contribution in [1.29, 1.82) is 0 Å². The van der Waals surface area contributed by atoms with Crippen molar-refractivity contribution < 1.29 is 0 Å². The highest BCUT2D eigenvalue weighted by Crippen LogP contribution is 2.37. The van der Waals surface area contributed by atoms with Crippen molar-refractivity contribution in [3.05, 3.63) is 5.51 Å². The van der Waals surface area contributed by atoms with E-state index in [-0.39, 0.29) is 0 Å². The van der Waals surface area contributed by atoms with Crippen LogP contribution in [0, 0.1) is 11.8 Å². The molecule has 3 rings (SSSR count). The fourth-order valence-electron chi connectivity index (χ4n) is 2.93. The fourth-order valence-corrected chi connectivity index (χ4v) is 3.51. The van der Waals surface area contributed by atoms with E-state index in [0.29, 0.717) is 6.04 Å². The summed E-state index contributed by atoms with van der Waals surface area (Å²) in [5.41, 5.74) is 7.82. The van der Waals surface area contributed by atoms with Crippen molar-refractivity contribution in [2.75, 3.05) is 18.0 Å². The van der Waals surface area contributed by atoms with Crippen LogP contribution in [0.4, 0.5) is 5.13 Å². The van der Waals surface area contributed by atoms with Crippen LogP contribution in [0.5, 0.6) is 0 Å². The standard InChI is InChI=1S/C10H16N4S/c11-9-2-1-7-4-14(5-8(7)3-9)10-13-12-6-15-10/h6-9H,1-5,11H2/t7-,8+,9?/m1/s1. The molecular weight excluding hydrogens is 208 g/mol. The highest BCUT2D eigenvalue weighted by molar-refractivity contribution is 7.13. The summed E-state index contributed by atoms with van der Waals surface area (Å²) in [4.78, 5) is 2.38. The van der Waals surface area contributed by atoms with Gasteiger partial charge in [0.15, 0.2) is 0 Å².